The molecule has 0 radical (unpaired) electrons. The monoisotopic (exact) mass is 443 g/mol. The lowest BCUT2D eigenvalue weighted by molar-refractivity contribution is -0.159. The number of hydrogen-bond donors (Lipinski definition) is 2. The Balaban J connectivity index is 0.000000656. The molecule has 2 atom stereocenters. The molecule has 2 rings (SSSR count). The fourth-order valence-electron chi connectivity index (χ4n) is 2.98. The lowest BCUT2D eigenvalue weighted by Crippen LogP contribution is -2.46. The van der Waals surface area contributed by atoms with Gasteiger partial charge in [-0.25, -0.2) is 9.59 Å². The molecule has 1 aliphatic rings. The average molecular weight is 444 g/mol. The average Bonchev–Trinajstić information content (AvgIpc) is 2.66. The quantitative estimate of drug-likeness (QED) is 0.341. The van der Waals surface area contributed by atoms with Crippen molar-refractivity contribution in [2.45, 2.75) is 32.5 Å². The number of rotatable bonds is 9. The van der Waals surface area contributed by atoms with E-state index in [2.05, 4.69) is 25.3 Å². The highest BCUT2D eigenvalue weighted by Crippen LogP contribution is 2.23. The predicted octanol–water partition coefficient (Wildman–Crippen LogP) is 2.73. The van der Waals surface area contributed by atoms with Crippen molar-refractivity contribution < 1.29 is 34.0 Å². The first kappa shape index (κ1) is 25.9. The molecule has 30 heavy (non-hydrogen) atoms. The van der Waals surface area contributed by atoms with Crippen LogP contribution in [0.5, 0.6) is 5.75 Å². The lowest BCUT2D eigenvalue weighted by atomic mass is 10.1. The van der Waals surface area contributed by atoms with Crippen molar-refractivity contribution in [2.24, 2.45) is 0 Å². The first-order chi connectivity index (χ1) is 14.2. The molecule has 1 saturated heterocycles. The highest BCUT2D eigenvalue weighted by molar-refractivity contribution is 6.30. The zero-order valence-corrected chi connectivity index (χ0v) is 18.1. The minimum Gasteiger partial charge on any atom is -0.491 e. The maximum absolute atomic E-state index is 9.10. The molecule has 9 heteroatoms. The molecule has 0 amide bonds. The number of halogens is 1. The van der Waals surface area contributed by atoms with Crippen LogP contribution in [0.25, 0.3) is 0 Å². The Kier molecular flexibility index (Phi) is 12.1. The van der Waals surface area contributed by atoms with Gasteiger partial charge >= 0.3 is 11.9 Å². The molecule has 1 aliphatic heterocycles. The second-order valence-corrected chi connectivity index (χ2v) is 7.27. The largest absolute Gasteiger partial charge is 0.491 e. The zero-order valence-electron chi connectivity index (χ0n) is 17.4. The molecule has 0 aliphatic carbocycles. The number of aliphatic carboxylic acids is 2. The summed E-state index contributed by atoms with van der Waals surface area (Å²) < 4.78 is 17.2. The second-order valence-electron chi connectivity index (χ2n) is 6.83. The van der Waals surface area contributed by atoms with Gasteiger partial charge in [0.25, 0.3) is 0 Å². The number of hydrogen-bond acceptors (Lipinski definition) is 6. The molecule has 8 nitrogen and oxygen atoms in total. The second kappa shape index (κ2) is 14.0. The highest BCUT2D eigenvalue weighted by Gasteiger charge is 2.21. The SMILES string of the molecule is C=CCc1cc(Cl)ccc1OCCOCCN1CC(C)OC(C)C1.O=C(O)C(=O)O. The van der Waals surface area contributed by atoms with E-state index in [1.807, 2.05) is 24.3 Å². The number of carboxylic acid groups (broad SMARTS) is 2. The lowest BCUT2D eigenvalue weighted by Gasteiger charge is -2.35. The fraction of sp³-hybridized carbons (Fsp3) is 0.524. The standard InChI is InChI=1S/C19H28ClNO3.C2H2O4/c1-4-5-17-12-18(20)6-7-19(17)23-11-10-22-9-8-21-13-15(2)24-16(3)14-21;3-1(4)2(5)6/h4,6-7,12,15-16H,1,5,8-11,13-14H2,2-3H3;(H,3,4)(H,5,6). The normalized spacial score (nSPS) is 18.8. The van der Waals surface area contributed by atoms with Gasteiger partial charge < -0.3 is 24.4 Å². The molecule has 1 aromatic carbocycles. The summed E-state index contributed by atoms with van der Waals surface area (Å²) in [5.74, 6) is -2.80. The summed E-state index contributed by atoms with van der Waals surface area (Å²) in [6.45, 7) is 12.7. The number of nitrogens with zero attached hydrogens (tertiary/aromatic N) is 1. The molecule has 1 heterocycles. The molecular formula is C21H30ClNO7. The van der Waals surface area contributed by atoms with E-state index in [0.29, 0.717) is 37.1 Å². The van der Waals surface area contributed by atoms with Crippen LogP contribution >= 0.6 is 11.6 Å². The van der Waals surface area contributed by atoms with Crippen molar-refractivity contribution in [3.8, 4) is 5.75 Å². The van der Waals surface area contributed by atoms with E-state index >= 15 is 0 Å². The zero-order chi connectivity index (χ0) is 22.5. The van der Waals surface area contributed by atoms with E-state index in [-0.39, 0.29) is 0 Å². The fourth-order valence-corrected chi connectivity index (χ4v) is 3.17. The number of ether oxygens (including phenoxy) is 3. The van der Waals surface area contributed by atoms with E-state index in [9.17, 15) is 0 Å². The molecule has 2 N–H and O–H groups in total. The van der Waals surface area contributed by atoms with Crippen molar-refractivity contribution in [1.82, 2.24) is 4.90 Å². The minimum absolute atomic E-state index is 0.297. The van der Waals surface area contributed by atoms with Gasteiger partial charge in [-0.2, -0.15) is 0 Å². The van der Waals surface area contributed by atoms with Gasteiger partial charge in [-0.05, 0) is 44.0 Å². The van der Waals surface area contributed by atoms with E-state index in [1.165, 1.54) is 0 Å². The highest BCUT2D eigenvalue weighted by atomic mass is 35.5. The Hall–Kier alpha value is -2.13. The number of morpholine rings is 1. The third kappa shape index (κ3) is 10.6. The molecule has 2 unspecified atom stereocenters. The van der Waals surface area contributed by atoms with Crippen LogP contribution in [0.3, 0.4) is 0 Å². The minimum atomic E-state index is -1.82. The number of allylic oxidation sites excluding steroid dienone is 1. The predicted molar refractivity (Wildman–Crippen MR) is 113 cm³/mol. The number of benzene rings is 1. The molecule has 0 aromatic heterocycles. The van der Waals surface area contributed by atoms with Gasteiger partial charge in [0.15, 0.2) is 0 Å². The summed E-state index contributed by atoms with van der Waals surface area (Å²) in [5, 5.41) is 15.5. The van der Waals surface area contributed by atoms with Gasteiger partial charge in [0.1, 0.15) is 12.4 Å². The van der Waals surface area contributed by atoms with Crippen LogP contribution in [0, 0.1) is 0 Å². The Morgan fingerprint density at radius 2 is 1.83 bits per heavy atom. The molecule has 0 saturated carbocycles. The summed E-state index contributed by atoms with van der Waals surface area (Å²) in [5.41, 5.74) is 1.05. The van der Waals surface area contributed by atoms with Gasteiger partial charge in [0.2, 0.25) is 0 Å². The van der Waals surface area contributed by atoms with Crippen LogP contribution in [-0.2, 0) is 25.5 Å². The van der Waals surface area contributed by atoms with E-state index in [1.54, 1.807) is 0 Å². The third-order valence-corrected chi connectivity index (χ3v) is 4.34. The summed E-state index contributed by atoms with van der Waals surface area (Å²) in [7, 11) is 0. The van der Waals surface area contributed by atoms with Gasteiger partial charge in [-0.15, -0.1) is 6.58 Å². The van der Waals surface area contributed by atoms with Crippen molar-refractivity contribution in [2.75, 3.05) is 39.5 Å². The topological polar surface area (TPSA) is 106 Å². The van der Waals surface area contributed by atoms with Gasteiger partial charge in [-0.1, -0.05) is 17.7 Å². The van der Waals surface area contributed by atoms with Crippen molar-refractivity contribution in [3.63, 3.8) is 0 Å². The molecule has 1 fully saturated rings. The Labute approximate surface area is 182 Å². The Morgan fingerprint density at radius 1 is 1.20 bits per heavy atom. The van der Waals surface area contributed by atoms with Crippen LogP contribution in [0.15, 0.2) is 30.9 Å². The van der Waals surface area contributed by atoms with Gasteiger partial charge in [0, 0.05) is 24.7 Å². The third-order valence-electron chi connectivity index (χ3n) is 4.10. The first-order valence-corrected chi connectivity index (χ1v) is 10.0. The smallest absolute Gasteiger partial charge is 0.414 e. The summed E-state index contributed by atoms with van der Waals surface area (Å²) >= 11 is 6.02. The van der Waals surface area contributed by atoms with E-state index in [4.69, 9.17) is 45.6 Å². The summed E-state index contributed by atoms with van der Waals surface area (Å²) in [6.07, 6.45) is 3.18. The van der Waals surface area contributed by atoms with E-state index < -0.39 is 11.9 Å². The van der Waals surface area contributed by atoms with Gasteiger partial charge in [0.05, 0.1) is 25.4 Å². The Bertz CT molecular complexity index is 676. The number of carbonyl (C=O) groups is 2. The molecular weight excluding hydrogens is 414 g/mol. The van der Waals surface area contributed by atoms with E-state index in [0.717, 1.165) is 37.4 Å². The van der Waals surface area contributed by atoms with Crippen LogP contribution in [0.1, 0.15) is 19.4 Å². The molecule has 0 bridgehead atoms. The van der Waals surface area contributed by atoms with Gasteiger partial charge in [-0.3, -0.25) is 4.90 Å². The van der Waals surface area contributed by atoms with Crippen molar-refractivity contribution in [1.29, 1.82) is 0 Å². The maximum Gasteiger partial charge on any atom is 0.414 e. The maximum atomic E-state index is 9.10. The molecule has 0 spiro atoms. The Morgan fingerprint density at radius 3 is 2.40 bits per heavy atom. The molecule has 168 valence electrons. The van der Waals surface area contributed by atoms with Crippen molar-refractivity contribution in [3.05, 3.63) is 41.4 Å². The van der Waals surface area contributed by atoms with Crippen LogP contribution < -0.4 is 4.74 Å². The van der Waals surface area contributed by atoms with Crippen LogP contribution in [0.2, 0.25) is 5.02 Å². The molecule has 1 aromatic rings. The number of carboxylic acids is 2. The summed E-state index contributed by atoms with van der Waals surface area (Å²) in [4.78, 5) is 20.6. The van der Waals surface area contributed by atoms with Crippen LogP contribution in [-0.4, -0.2) is 78.7 Å². The van der Waals surface area contributed by atoms with Crippen molar-refractivity contribution >= 4 is 23.5 Å². The van der Waals surface area contributed by atoms with Crippen LogP contribution in [0.4, 0.5) is 0 Å². The first-order valence-electron chi connectivity index (χ1n) is 9.66. The summed E-state index contributed by atoms with van der Waals surface area (Å²) in [6, 6.07) is 5.66.